The molecule has 4 nitrogen and oxygen atoms in total. The van der Waals surface area contributed by atoms with Gasteiger partial charge < -0.3 is 9.47 Å². The molecule has 0 amide bonds. The Hall–Kier alpha value is -2.35. The average Bonchev–Trinajstić information content (AvgIpc) is 2.92. The molecule has 4 rings (SSSR count). The highest BCUT2D eigenvalue weighted by Crippen LogP contribution is 2.53. The summed E-state index contributed by atoms with van der Waals surface area (Å²) in [7, 11) is 0. The fraction of sp³-hybridized carbons (Fsp3) is 0.524. The van der Waals surface area contributed by atoms with Crippen LogP contribution in [0.4, 0.5) is 10.1 Å². The van der Waals surface area contributed by atoms with E-state index in [1.807, 2.05) is 25.4 Å². The Bertz CT molecular complexity index is 851. The first-order valence-corrected chi connectivity index (χ1v) is 9.43. The molecule has 0 bridgehead atoms. The van der Waals surface area contributed by atoms with Gasteiger partial charge in [0, 0.05) is 32.0 Å². The Kier molecular flexibility index (Phi) is 4.22. The molecule has 0 radical (unpaired) electrons. The van der Waals surface area contributed by atoms with Gasteiger partial charge in [0.1, 0.15) is 23.3 Å². The second-order valence-electron chi connectivity index (χ2n) is 8.20. The summed E-state index contributed by atoms with van der Waals surface area (Å²) in [6.07, 6.45) is 4.72. The smallest absolute Gasteiger partial charge is 0.143 e. The number of hydrogen-bond donors (Lipinski definition) is 0. The van der Waals surface area contributed by atoms with Gasteiger partial charge in [0.25, 0.3) is 0 Å². The van der Waals surface area contributed by atoms with E-state index >= 15 is 0 Å². The van der Waals surface area contributed by atoms with Crippen LogP contribution in [0, 0.1) is 47.7 Å². The molecule has 2 aromatic rings. The Labute approximate surface area is 154 Å². The minimum absolute atomic E-state index is 0.195. The maximum atomic E-state index is 14.4. The van der Waals surface area contributed by atoms with Crippen molar-refractivity contribution in [1.29, 1.82) is 5.26 Å². The standard InChI is InChI=1S/C21H25FN4/c1-13(2)6-15-7-20(22)16(9-23)21(8-15)26-11-18-17(19(18)12-26)10-25-5-4-24-14(25)3/h4-5,7-8,13,17-19H,6,10-12H2,1-3H3/t17?,18-,19+. The fourth-order valence-corrected chi connectivity index (χ4v) is 4.54. The third-order valence-electron chi connectivity index (χ3n) is 5.93. The number of rotatable bonds is 5. The number of piperidine rings is 1. The lowest BCUT2D eigenvalue weighted by Gasteiger charge is -2.24. The van der Waals surface area contributed by atoms with Crippen molar-refractivity contribution >= 4 is 5.69 Å². The summed E-state index contributed by atoms with van der Waals surface area (Å²) >= 11 is 0. The van der Waals surface area contributed by atoms with Gasteiger partial charge in [-0.1, -0.05) is 13.8 Å². The number of benzene rings is 1. The maximum absolute atomic E-state index is 14.4. The van der Waals surface area contributed by atoms with Crippen LogP contribution in [-0.4, -0.2) is 22.6 Å². The molecule has 1 saturated heterocycles. The number of aryl methyl sites for hydroxylation is 1. The first-order chi connectivity index (χ1) is 12.5. The number of fused-ring (bicyclic) bond motifs is 1. The molecule has 1 aliphatic carbocycles. The van der Waals surface area contributed by atoms with Crippen LogP contribution in [0.15, 0.2) is 24.5 Å². The van der Waals surface area contributed by atoms with Crippen molar-refractivity contribution in [2.45, 2.75) is 33.7 Å². The summed E-state index contributed by atoms with van der Waals surface area (Å²) in [4.78, 5) is 6.51. The zero-order valence-electron chi connectivity index (χ0n) is 15.6. The van der Waals surface area contributed by atoms with Crippen molar-refractivity contribution in [3.8, 4) is 6.07 Å². The second-order valence-corrected chi connectivity index (χ2v) is 8.20. The first-order valence-electron chi connectivity index (χ1n) is 9.43. The van der Waals surface area contributed by atoms with Gasteiger partial charge in [-0.15, -0.1) is 0 Å². The minimum atomic E-state index is -0.383. The Morgan fingerprint density at radius 1 is 1.31 bits per heavy atom. The molecule has 1 aliphatic heterocycles. The van der Waals surface area contributed by atoms with E-state index in [-0.39, 0.29) is 11.4 Å². The lowest BCUT2D eigenvalue weighted by Crippen LogP contribution is -2.26. The highest BCUT2D eigenvalue weighted by Gasteiger charge is 2.55. The van der Waals surface area contributed by atoms with Crippen molar-refractivity contribution < 1.29 is 4.39 Å². The maximum Gasteiger partial charge on any atom is 0.143 e. The molecule has 1 unspecified atom stereocenters. The number of nitriles is 1. The molecule has 2 aliphatic rings. The molecular weight excluding hydrogens is 327 g/mol. The van der Waals surface area contributed by atoms with E-state index in [0.29, 0.717) is 23.7 Å². The number of imidazole rings is 1. The van der Waals surface area contributed by atoms with Crippen LogP contribution in [0.1, 0.15) is 30.8 Å². The number of anilines is 1. The lowest BCUT2D eigenvalue weighted by atomic mass is 9.99. The quantitative estimate of drug-likeness (QED) is 0.822. The summed E-state index contributed by atoms with van der Waals surface area (Å²) in [6, 6.07) is 5.64. The summed E-state index contributed by atoms with van der Waals surface area (Å²) in [5, 5.41) is 9.44. The number of aromatic nitrogens is 2. The van der Waals surface area contributed by atoms with E-state index in [0.717, 1.165) is 43.1 Å². The molecule has 3 atom stereocenters. The van der Waals surface area contributed by atoms with Gasteiger partial charge in [-0.3, -0.25) is 0 Å². The normalized spacial score (nSPS) is 24.0. The van der Waals surface area contributed by atoms with E-state index in [9.17, 15) is 9.65 Å². The summed E-state index contributed by atoms with van der Waals surface area (Å²) in [5.74, 6) is 3.09. The molecule has 26 heavy (non-hydrogen) atoms. The molecule has 136 valence electrons. The van der Waals surface area contributed by atoms with Gasteiger partial charge in [0.15, 0.2) is 0 Å². The van der Waals surface area contributed by atoms with Crippen molar-refractivity contribution in [2.75, 3.05) is 18.0 Å². The van der Waals surface area contributed by atoms with Crippen molar-refractivity contribution in [1.82, 2.24) is 9.55 Å². The summed E-state index contributed by atoms with van der Waals surface area (Å²) in [5.41, 5.74) is 1.96. The fourth-order valence-electron chi connectivity index (χ4n) is 4.54. The van der Waals surface area contributed by atoms with Gasteiger partial charge >= 0.3 is 0 Å². The number of halogens is 1. The zero-order chi connectivity index (χ0) is 18.4. The molecule has 1 aromatic heterocycles. The van der Waals surface area contributed by atoms with Gasteiger partial charge in [-0.2, -0.15) is 5.26 Å². The highest BCUT2D eigenvalue weighted by molar-refractivity contribution is 5.62. The molecular formula is C21H25FN4. The lowest BCUT2D eigenvalue weighted by molar-refractivity contribution is 0.528. The Morgan fingerprint density at radius 2 is 2.04 bits per heavy atom. The summed E-state index contributed by atoms with van der Waals surface area (Å²) in [6.45, 7) is 9.15. The molecule has 1 aromatic carbocycles. The van der Waals surface area contributed by atoms with Gasteiger partial charge in [-0.05, 0) is 54.7 Å². The van der Waals surface area contributed by atoms with Gasteiger partial charge in [-0.25, -0.2) is 9.37 Å². The highest BCUT2D eigenvalue weighted by atomic mass is 19.1. The first kappa shape index (κ1) is 17.1. The monoisotopic (exact) mass is 352 g/mol. The van der Waals surface area contributed by atoms with E-state index in [1.54, 1.807) is 0 Å². The average molecular weight is 352 g/mol. The molecule has 0 N–H and O–H groups in total. The Balaban J connectivity index is 1.49. The largest absolute Gasteiger partial charge is 0.370 e. The van der Waals surface area contributed by atoms with Crippen LogP contribution in [0.3, 0.4) is 0 Å². The molecule has 2 heterocycles. The third kappa shape index (κ3) is 2.98. The van der Waals surface area contributed by atoms with Crippen molar-refractivity contribution in [3.05, 3.63) is 47.3 Å². The number of nitrogens with zero attached hydrogens (tertiary/aromatic N) is 4. The predicted molar refractivity (Wildman–Crippen MR) is 99.3 cm³/mol. The van der Waals surface area contributed by atoms with Gasteiger partial charge in [0.05, 0.1) is 5.69 Å². The van der Waals surface area contributed by atoms with E-state index in [4.69, 9.17) is 0 Å². The number of hydrogen-bond acceptors (Lipinski definition) is 3. The molecule has 2 fully saturated rings. The topological polar surface area (TPSA) is 44.9 Å². The SMILES string of the molecule is Cc1nccn1CC1[C@H]2CN(c3cc(CC(C)C)cc(F)c3C#N)C[C@@H]12. The van der Waals surface area contributed by atoms with Gasteiger partial charge in [0.2, 0.25) is 0 Å². The zero-order valence-corrected chi connectivity index (χ0v) is 15.6. The second kappa shape index (κ2) is 6.42. The molecule has 5 heteroatoms. The van der Waals surface area contributed by atoms with Crippen LogP contribution in [-0.2, 0) is 13.0 Å². The van der Waals surface area contributed by atoms with Crippen molar-refractivity contribution in [2.24, 2.45) is 23.7 Å². The predicted octanol–water partition coefficient (Wildman–Crippen LogP) is 3.78. The van der Waals surface area contributed by atoms with Crippen LogP contribution in [0.5, 0.6) is 0 Å². The van der Waals surface area contributed by atoms with Crippen molar-refractivity contribution in [3.63, 3.8) is 0 Å². The third-order valence-corrected chi connectivity index (χ3v) is 5.93. The van der Waals surface area contributed by atoms with E-state index < -0.39 is 0 Å². The van der Waals surface area contributed by atoms with E-state index in [1.165, 1.54) is 6.07 Å². The minimum Gasteiger partial charge on any atom is -0.370 e. The molecule has 1 saturated carbocycles. The summed E-state index contributed by atoms with van der Waals surface area (Å²) < 4.78 is 16.7. The van der Waals surface area contributed by atoms with E-state index in [2.05, 4.69) is 34.4 Å². The van der Waals surface area contributed by atoms with Crippen LogP contribution < -0.4 is 4.90 Å². The molecule has 0 spiro atoms. The van der Waals surface area contributed by atoms with Crippen LogP contribution in [0.2, 0.25) is 0 Å². The van der Waals surface area contributed by atoms with Crippen LogP contribution in [0.25, 0.3) is 0 Å². The van der Waals surface area contributed by atoms with Crippen LogP contribution >= 0.6 is 0 Å². The Morgan fingerprint density at radius 3 is 2.62 bits per heavy atom.